The third-order valence-electron chi connectivity index (χ3n) is 5.20. The van der Waals surface area contributed by atoms with Gasteiger partial charge in [-0.25, -0.2) is 9.97 Å². The first-order valence-corrected chi connectivity index (χ1v) is 9.68. The maximum absolute atomic E-state index is 5.62. The summed E-state index contributed by atoms with van der Waals surface area (Å²) in [5, 5.41) is 8.59. The highest BCUT2D eigenvalue weighted by Gasteiger charge is 2.33. The minimum Gasteiger partial charge on any atom is -0.337 e. The van der Waals surface area contributed by atoms with E-state index in [0.717, 1.165) is 41.9 Å². The van der Waals surface area contributed by atoms with E-state index in [1.807, 2.05) is 56.6 Å². The van der Waals surface area contributed by atoms with Gasteiger partial charge in [0.25, 0.3) is 0 Å². The monoisotopic (exact) mass is 387 g/mol. The number of aromatic nitrogens is 6. The highest BCUT2D eigenvalue weighted by molar-refractivity contribution is 5.62. The van der Waals surface area contributed by atoms with Crippen LogP contribution in [0.5, 0.6) is 0 Å². The molecular weight excluding hydrogens is 366 g/mol. The fourth-order valence-corrected chi connectivity index (χ4v) is 3.83. The molecule has 0 amide bonds. The van der Waals surface area contributed by atoms with Gasteiger partial charge in [-0.2, -0.15) is 10.1 Å². The minimum absolute atomic E-state index is 0.0230. The summed E-state index contributed by atoms with van der Waals surface area (Å²) < 4.78 is 7.42. The van der Waals surface area contributed by atoms with Crippen LogP contribution in [0.2, 0.25) is 0 Å². The molecule has 4 aromatic rings. The lowest BCUT2D eigenvalue weighted by Gasteiger charge is -2.21. The molecule has 1 atom stereocenters. The van der Waals surface area contributed by atoms with Crippen molar-refractivity contribution in [3.8, 4) is 22.6 Å². The number of aryl methyl sites for hydroxylation is 2. The van der Waals surface area contributed by atoms with Crippen LogP contribution in [0.4, 0.5) is 5.95 Å². The van der Waals surface area contributed by atoms with Crippen molar-refractivity contribution in [3.05, 3.63) is 60.4 Å². The Morgan fingerprint density at radius 1 is 1.10 bits per heavy atom. The number of hydrogen-bond donors (Lipinski definition) is 0. The molecule has 0 aliphatic carbocycles. The van der Waals surface area contributed by atoms with Gasteiger partial charge >= 0.3 is 0 Å². The minimum atomic E-state index is -0.0230. The zero-order chi connectivity index (χ0) is 19.8. The first kappa shape index (κ1) is 17.5. The zero-order valence-electron chi connectivity index (χ0n) is 16.4. The molecule has 0 N–H and O–H groups in total. The van der Waals surface area contributed by atoms with E-state index >= 15 is 0 Å². The number of nitrogens with zero attached hydrogens (tertiary/aromatic N) is 7. The summed E-state index contributed by atoms with van der Waals surface area (Å²) in [5.74, 6) is 1.88. The van der Waals surface area contributed by atoms with Gasteiger partial charge in [-0.1, -0.05) is 35.5 Å². The topological polar surface area (TPSA) is 85.8 Å². The Balaban J connectivity index is 1.45. The summed E-state index contributed by atoms with van der Waals surface area (Å²) in [6.07, 6.45) is 5.72. The first-order valence-electron chi connectivity index (χ1n) is 9.68. The highest BCUT2D eigenvalue weighted by atomic mass is 16.5. The van der Waals surface area contributed by atoms with Crippen molar-refractivity contribution < 1.29 is 4.52 Å². The third-order valence-corrected chi connectivity index (χ3v) is 5.20. The van der Waals surface area contributed by atoms with E-state index in [1.54, 1.807) is 10.9 Å². The normalized spacial score (nSPS) is 16.5. The van der Waals surface area contributed by atoms with Crippen LogP contribution in [0.3, 0.4) is 0 Å². The Labute approximate surface area is 168 Å². The summed E-state index contributed by atoms with van der Waals surface area (Å²) >= 11 is 0. The molecule has 1 aliphatic rings. The maximum atomic E-state index is 5.62. The Morgan fingerprint density at radius 3 is 2.76 bits per heavy atom. The molecule has 1 fully saturated rings. The summed E-state index contributed by atoms with van der Waals surface area (Å²) in [5.41, 5.74) is 3.76. The number of benzene rings is 1. The van der Waals surface area contributed by atoms with Crippen LogP contribution in [0.1, 0.15) is 30.5 Å². The van der Waals surface area contributed by atoms with Gasteiger partial charge in [0.2, 0.25) is 17.7 Å². The van der Waals surface area contributed by atoms with Crippen molar-refractivity contribution in [2.75, 3.05) is 11.4 Å². The lowest BCUT2D eigenvalue weighted by molar-refractivity contribution is 0.354. The molecule has 4 heterocycles. The standard InChI is InChI=1S/C21H21N7O/c1-14-16(13-27(2)25-14)17-10-11-22-21(23-17)28-12-6-9-18(28)20-24-19(26-29-20)15-7-4-3-5-8-15/h3-5,7-8,10-11,13,18H,6,9,12H2,1-2H3. The van der Waals surface area contributed by atoms with E-state index < -0.39 is 0 Å². The smallest absolute Gasteiger partial charge is 0.249 e. The molecule has 8 nitrogen and oxygen atoms in total. The number of anilines is 1. The van der Waals surface area contributed by atoms with E-state index in [0.29, 0.717) is 17.7 Å². The Kier molecular flexibility index (Phi) is 4.31. The van der Waals surface area contributed by atoms with E-state index in [2.05, 4.69) is 25.1 Å². The van der Waals surface area contributed by atoms with Crippen LogP contribution < -0.4 is 4.90 Å². The second-order valence-corrected chi connectivity index (χ2v) is 7.22. The molecule has 8 heteroatoms. The molecule has 29 heavy (non-hydrogen) atoms. The van der Waals surface area contributed by atoms with Gasteiger partial charge in [-0.15, -0.1) is 0 Å². The Morgan fingerprint density at radius 2 is 1.97 bits per heavy atom. The first-order chi connectivity index (χ1) is 14.2. The van der Waals surface area contributed by atoms with Gasteiger partial charge < -0.3 is 9.42 Å². The molecule has 1 saturated heterocycles. The summed E-state index contributed by atoms with van der Waals surface area (Å²) in [6.45, 7) is 2.84. The second kappa shape index (κ2) is 7.12. The van der Waals surface area contributed by atoms with Gasteiger partial charge in [0.1, 0.15) is 6.04 Å². The van der Waals surface area contributed by atoms with Crippen molar-refractivity contribution >= 4 is 5.95 Å². The molecule has 146 valence electrons. The van der Waals surface area contributed by atoms with E-state index in [4.69, 9.17) is 9.51 Å². The fourth-order valence-electron chi connectivity index (χ4n) is 3.83. The molecule has 3 aromatic heterocycles. The summed E-state index contributed by atoms with van der Waals surface area (Å²) in [4.78, 5) is 16.1. The molecule has 1 aliphatic heterocycles. The van der Waals surface area contributed by atoms with Crippen molar-refractivity contribution in [2.24, 2.45) is 7.05 Å². The van der Waals surface area contributed by atoms with Crippen molar-refractivity contribution in [3.63, 3.8) is 0 Å². The molecule has 5 rings (SSSR count). The van der Waals surface area contributed by atoms with Crippen molar-refractivity contribution in [1.29, 1.82) is 0 Å². The van der Waals surface area contributed by atoms with Crippen LogP contribution in [-0.2, 0) is 7.05 Å². The van der Waals surface area contributed by atoms with E-state index in [-0.39, 0.29) is 6.04 Å². The van der Waals surface area contributed by atoms with E-state index in [1.165, 1.54) is 0 Å². The van der Waals surface area contributed by atoms with Crippen LogP contribution in [0, 0.1) is 6.92 Å². The molecule has 0 saturated carbocycles. The predicted octanol–water partition coefficient (Wildman–Crippen LogP) is 3.58. The van der Waals surface area contributed by atoms with Crippen LogP contribution in [-0.4, -0.2) is 36.4 Å². The average Bonchev–Trinajstić information content (AvgIpc) is 3.48. The molecule has 0 spiro atoms. The third kappa shape index (κ3) is 3.26. The zero-order valence-corrected chi connectivity index (χ0v) is 16.4. The van der Waals surface area contributed by atoms with Crippen LogP contribution in [0.25, 0.3) is 22.6 Å². The molecule has 1 aromatic carbocycles. The van der Waals surface area contributed by atoms with Crippen LogP contribution >= 0.6 is 0 Å². The highest BCUT2D eigenvalue weighted by Crippen LogP contribution is 2.35. The van der Waals surface area contributed by atoms with Gasteiger partial charge in [-0.3, -0.25) is 4.68 Å². The predicted molar refractivity (Wildman–Crippen MR) is 108 cm³/mol. The Bertz CT molecular complexity index is 1130. The summed E-state index contributed by atoms with van der Waals surface area (Å²) in [6, 6.07) is 11.7. The van der Waals surface area contributed by atoms with Crippen molar-refractivity contribution in [2.45, 2.75) is 25.8 Å². The van der Waals surface area contributed by atoms with Gasteiger partial charge in [0, 0.05) is 37.1 Å². The maximum Gasteiger partial charge on any atom is 0.249 e. The second-order valence-electron chi connectivity index (χ2n) is 7.22. The van der Waals surface area contributed by atoms with Crippen LogP contribution in [0.15, 0.2) is 53.3 Å². The lowest BCUT2D eigenvalue weighted by Crippen LogP contribution is -2.25. The fraction of sp³-hybridized carbons (Fsp3) is 0.286. The lowest BCUT2D eigenvalue weighted by atomic mass is 10.2. The molecular formula is C21H21N7O. The SMILES string of the molecule is Cc1nn(C)cc1-c1ccnc(N2CCCC2c2nc(-c3ccccc3)no2)n1. The number of hydrogen-bond acceptors (Lipinski definition) is 7. The average molecular weight is 387 g/mol. The Hall–Kier alpha value is -3.55. The largest absolute Gasteiger partial charge is 0.337 e. The molecule has 0 bridgehead atoms. The molecule has 1 unspecified atom stereocenters. The van der Waals surface area contributed by atoms with E-state index in [9.17, 15) is 0 Å². The van der Waals surface area contributed by atoms with Gasteiger partial charge in [0.15, 0.2) is 0 Å². The molecule has 0 radical (unpaired) electrons. The number of rotatable bonds is 4. The van der Waals surface area contributed by atoms with Gasteiger partial charge in [0.05, 0.1) is 11.4 Å². The van der Waals surface area contributed by atoms with Crippen molar-refractivity contribution in [1.82, 2.24) is 29.9 Å². The van der Waals surface area contributed by atoms with Gasteiger partial charge in [-0.05, 0) is 25.8 Å². The summed E-state index contributed by atoms with van der Waals surface area (Å²) in [7, 11) is 1.91. The quantitative estimate of drug-likeness (QED) is 0.529.